The maximum absolute atomic E-state index is 12.8. The second-order valence-corrected chi connectivity index (χ2v) is 5.42. The zero-order valence-electron chi connectivity index (χ0n) is 13.2. The van der Waals surface area contributed by atoms with Crippen molar-refractivity contribution in [1.29, 1.82) is 0 Å². The number of aromatic nitrogens is 2. The Kier molecular flexibility index (Phi) is 4.61. The largest absolute Gasteiger partial charge is 0.416 e. The number of amides is 1. The number of hydrogen-bond donors (Lipinski definition) is 1. The number of carbonyl (C=O) groups is 1. The van der Waals surface area contributed by atoms with E-state index in [1.54, 1.807) is 0 Å². The number of anilines is 1. The fourth-order valence-corrected chi connectivity index (χ4v) is 2.30. The molecule has 0 atom stereocenters. The number of carbonyl (C=O) groups excluding carboxylic acids is 1. The molecular formula is C17H12F3N3O3. The Labute approximate surface area is 144 Å². The van der Waals surface area contributed by atoms with Gasteiger partial charge in [-0.15, -0.1) is 0 Å². The lowest BCUT2D eigenvalue weighted by molar-refractivity contribution is -0.137. The molecule has 26 heavy (non-hydrogen) atoms. The molecule has 134 valence electrons. The highest BCUT2D eigenvalue weighted by Gasteiger charge is 2.30. The molecule has 0 spiro atoms. The highest BCUT2D eigenvalue weighted by molar-refractivity contribution is 6.03. The van der Waals surface area contributed by atoms with E-state index in [4.69, 9.17) is 0 Å². The average molecular weight is 363 g/mol. The molecule has 9 heteroatoms. The molecule has 0 saturated heterocycles. The third-order valence-electron chi connectivity index (χ3n) is 3.53. The predicted octanol–water partition coefficient (Wildman–Crippen LogP) is 3.16. The lowest BCUT2D eigenvalue weighted by Gasteiger charge is -2.11. The number of halogens is 3. The van der Waals surface area contributed by atoms with E-state index < -0.39 is 23.2 Å². The molecule has 0 radical (unpaired) electrons. The first-order valence-corrected chi connectivity index (χ1v) is 7.41. The summed E-state index contributed by atoms with van der Waals surface area (Å²) in [5.41, 5.74) is -0.807. The summed E-state index contributed by atoms with van der Waals surface area (Å²) in [5, 5.41) is 6.01. The summed E-state index contributed by atoms with van der Waals surface area (Å²) in [4.78, 5) is 24.1. The summed E-state index contributed by atoms with van der Waals surface area (Å²) in [5.74, 6) is -0.331. The molecule has 2 heterocycles. The van der Waals surface area contributed by atoms with Crippen molar-refractivity contribution in [2.75, 3.05) is 5.32 Å². The summed E-state index contributed by atoms with van der Waals surface area (Å²) >= 11 is 0. The Balaban J connectivity index is 1.84. The zero-order chi connectivity index (χ0) is 18.7. The summed E-state index contributed by atoms with van der Waals surface area (Å²) in [6.45, 7) is -0.103. The van der Waals surface area contributed by atoms with Crippen molar-refractivity contribution in [2.24, 2.45) is 0 Å². The van der Waals surface area contributed by atoms with Crippen molar-refractivity contribution in [3.05, 3.63) is 82.0 Å². The Hall–Kier alpha value is -3.36. The molecule has 0 fully saturated rings. The van der Waals surface area contributed by atoms with Gasteiger partial charge in [0.05, 0.1) is 17.7 Å². The summed E-state index contributed by atoms with van der Waals surface area (Å²) in [7, 11) is 0. The number of benzene rings is 1. The van der Waals surface area contributed by atoms with Crippen molar-refractivity contribution in [3.63, 3.8) is 0 Å². The minimum absolute atomic E-state index is 0.103. The van der Waals surface area contributed by atoms with E-state index in [2.05, 4.69) is 15.0 Å². The van der Waals surface area contributed by atoms with Gasteiger partial charge in [0.1, 0.15) is 6.26 Å². The Morgan fingerprint density at radius 1 is 1.19 bits per heavy atom. The second-order valence-electron chi connectivity index (χ2n) is 5.42. The molecular weight excluding hydrogens is 351 g/mol. The molecule has 0 bridgehead atoms. The van der Waals surface area contributed by atoms with Crippen molar-refractivity contribution in [1.82, 2.24) is 9.72 Å². The van der Waals surface area contributed by atoms with Gasteiger partial charge in [-0.25, -0.2) is 0 Å². The lowest BCUT2D eigenvalue weighted by Crippen LogP contribution is -2.22. The van der Waals surface area contributed by atoms with E-state index in [-0.39, 0.29) is 23.5 Å². The molecule has 0 unspecified atom stereocenters. The fraction of sp³-hybridized carbons (Fsp3) is 0.118. The maximum atomic E-state index is 12.8. The monoisotopic (exact) mass is 363 g/mol. The maximum Gasteiger partial charge on any atom is 0.416 e. The molecule has 3 rings (SSSR count). The van der Waals surface area contributed by atoms with Gasteiger partial charge in [0.15, 0.2) is 5.82 Å². The molecule has 0 aliphatic carbocycles. The Morgan fingerprint density at radius 2 is 2.00 bits per heavy atom. The quantitative estimate of drug-likeness (QED) is 0.773. The number of nitrogens with one attached hydrogen (secondary N) is 1. The van der Waals surface area contributed by atoms with Gasteiger partial charge in [-0.05, 0) is 23.8 Å². The average Bonchev–Trinajstić information content (AvgIpc) is 3.09. The van der Waals surface area contributed by atoms with Gasteiger partial charge < -0.3 is 14.4 Å². The van der Waals surface area contributed by atoms with Crippen molar-refractivity contribution in [2.45, 2.75) is 12.7 Å². The van der Waals surface area contributed by atoms with Crippen LogP contribution in [-0.2, 0) is 12.7 Å². The third-order valence-corrected chi connectivity index (χ3v) is 3.53. The topological polar surface area (TPSA) is 77.1 Å². The summed E-state index contributed by atoms with van der Waals surface area (Å²) in [6.07, 6.45) is -1.91. The number of hydrogen-bond acceptors (Lipinski definition) is 4. The SMILES string of the molecule is O=C(Nc1ccon1)c1ccc(=O)n(Cc2cccc(C(F)(F)F)c2)c1. The van der Waals surface area contributed by atoms with Crippen LogP contribution in [0.25, 0.3) is 0 Å². The van der Waals surface area contributed by atoms with Crippen LogP contribution in [0.4, 0.5) is 19.0 Å². The second kappa shape index (κ2) is 6.87. The molecule has 1 aromatic carbocycles. The highest BCUT2D eigenvalue weighted by Crippen LogP contribution is 2.29. The number of alkyl halides is 3. The first-order chi connectivity index (χ1) is 12.3. The lowest BCUT2D eigenvalue weighted by atomic mass is 10.1. The van der Waals surface area contributed by atoms with E-state index >= 15 is 0 Å². The van der Waals surface area contributed by atoms with Gasteiger partial charge in [0.25, 0.3) is 11.5 Å². The Bertz CT molecular complexity index is 979. The van der Waals surface area contributed by atoms with Gasteiger partial charge in [-0.2, -0.15) is 13.2 Å². The van der Waals surface area contributed by atoms with Crippen molar-refractivity contribution < 1.29 is 22.5 Å². The van der Waals surface area contributed by atoms with E-state index in [1.807, 2.05) is 0 Å². The third kappa shape index (κ3) is 4.00. The normalized spacial score (nSPS) is 11.3. The Morgan fingerprint density at radius 3 is 2.69 bits per heavy atom. The van der Waals surface area contributed by atoms with Crippen LogP contribution in [0.3, 0.4) is 0 Å². The van der Waals surface area contributed by atoms with Crippen LogP contribution in [0, 0.1) is 0 Å². The van der Waals surface area contributed by atoms with E-state index in [0.717, 1.165) is 16.7 Å². The van der Waals surface area contributed by atoms with Crippen LogP contribution < -0.4 is 10.9 Å². The van der Waals surface area contributed by atoms with E-state index in [9.17, 15) is 22.8 Å². The van der Waals surface area contributed by atoms with Crippen LogP contribution >= 0.6 is 0 Å². The molecule has 1 amide bonds. The smallest absolute Gasteiger partial charge is 0.363 e. The first-order valence-electron chi connectivity index (χ1n) is 7.41. The number of nitrogens with zero attached hydrogens (tertiary/aromatic N) is 2. The standard InChI is InChI=1S/C17H12F3N3O3/c18-17(19,20)13-3-1-2-11(8-13)9-23-10-12(4-5-15(23)24)16(25)21-14-6-7-26-22-14/h1-8,10H,9H2,(H,21,22,25). The molecule has 3 aromatic rings. The molecule has 0 aliphatic rings. The summed E-state index contributed by atoms with van der Waals surface area (Å²) < 4.78 is 44.2. The van der Waals surface area contributed by atoms with Gasteiger partial charge in [-0.3, -0.25) is 9.59 Å². The van der Waals surface area contributed by atoms with Crippen molar-refractivity contribution >= 4 is 11.7 Å². The minimum Gasteiger partial charge on any atom is -0.363 e. The zero-order valence-corrected chi connectivity index (χ0v) is 13.2. The number of pyridine rings is 1. The highest BCUT2D eigenvalue weighted by atomic mass is 19.4. The molecule has 0 aliphatic heterocycles. The van der Waals surface area contributed by atoms with Crippen LogP contribution in [0.1, 0.15) is 21.5 Å². The van der Waals surface area contributed by atoms with Crippen LogP contribution in [-0.4, -0.2) is 15.6 Å². The number of rotatable bonds is 4. The molecule has 2 aromatic heterocycles. The van der Waals surface area contributed by atoms with Gasteiger partial charge in [-0.1, -0.05) is 17.3 Å². The minimum atomic E-state index is -4.47. The first kappa shape index (κ1) is 17.5. The van der Waals surface area contributed by atoms with Crippen molar-refractivity contribution in [3.8, 4) is 0 Å². The van der Waals surface area contributed by atoms with Gasteiger partial charge in [0.2, 0.25) is 0 Å². The molecule has 6 nitrogen and oxygen atoms in total. The van der Waals surface area contributed by atoms with Gasteiger partial charge in [0, 0.05) is 18.3 Å². The van der Waals surface area contributed by atoms with Crippen LogP contribution in [0.5, 0.6) is 0 Å². The fourth-order valence-electron chi connectivity index (χ4n) is 2.30. The predicted molar refractivity (Wildman–Crippen MR) is 85.7 cm³/mol. The van der Waals surface area contributed by atoms with E-state index in [0.29, 0.717) is 0 Å². The van der Waals surface area contributed by atoms with Crippen LogP contribution in [0.15, 0.2) is 64.2 Å². The molecule has 1 N–H and O–H groups in total. The van der Waals surface area contributed by atoms with Crippen LogP contribution in [0.2, 0.25) is 0 Å². The van der Waals surface area contributed by atoms with E-state index in [1.165, 1.54) is 42.8 Å². The molecule has 0 saturated carbocycles. The summed E-state index contributed by atoms with van der Waals surface area (Å²) in [6, 6.07) is 8.60. The van der Waals surface area contributed by atoms with Gasteiger partial charge >= 0.3 is 6.18 Å².